The lowest BCUT2D eigenvalue weighted by atomic mass is 10.1. The molecule has 6 heteroatoms. The minimum atomic E-state index is -1.13. The first-order chi connectivity index (χ1) is 10.4. The van der Waals surface area contributed by atoms with Crippen LogP contribution in [0, 0.1) is 0 Å². The van der Waals surface area contributed by atoms with E-state index in [4.69, 9.17) is 14.3 Å². The molecule has 2 aromatic rings. The van der Waals surface area contributed by atoms with Crippen molar-refractivity contribution in [2.75, 3.05) is 14.2 Å². The number of rotatable bonds is 5. The third-order valence-corrected chi connectivity index (χ3v) is 3.56. The van der Waals surface area contributed by atoms with Gasteiger partial charge in [-0.05, 0) is 24.6 Å². The van der Waals surface area contributed by atoms with E-state index in [2.05, 4.69) is 0 Å². The van der Waals surface area contributed by atoms with Crippen LogP contribution in [-0.4, -0.2) is 36.0 Å². The molecule has 0 saturated heterocycles. The zero-order chi connectivity index (χ0) is 16.3. The van der Waals surface area contributed by atoms with Crippen LogP contribution in [0.2, 0.25) is 0 Å². The standard InChI is InChI=1S/C16H17NO5/c1-10(11-4-6-13(21-3)7-5-11)17(2)15(18)14-8-12(9-22-14)16(19)20/h4-10H,1-3H3,(H,19,20). The van der Waals surface area contributed by atoms with Crippen LogP contribution in [0.5, 0.6) is 5.75 Å². The van der Waals surface area contributed by atoms with Crippen molar-refractivity contribution in [1.29, 1.82) is 0 Å². The van der Waals surface area contributed by atoms with Crippen molar-refractivity contribution in [2.45, 2.75) is 13.0 Å². The maximum atomic E-state index is 12.3. The number of amides is 1. The Morgan fingerprint density at radius 2 is 1.91 bits per heavy atom. The summed E-state index contributed by atoms with van der Waals surface area (Å²) in [7, 11) is 3.23. The van der Waals surface area contributed by atoms with Gasteiger partial charge < -0.3 is 19.2 Å². The lowest BCUT2D eigenvalue weighted by Crippen LogP contribution is -2.29. The molecule has 22 heavy (non-hydrogen) atoms. The second-order valence-corrected chi connectivity index (χ2v) is 4.87. The second kappa shape index (κ2) is 6.34. The first-order valence-electron chi connectivity index (χ1n) is 6.67. The van der Waals surface area contributed by atoms with Crippen molar-refractivity contribution < 1.29 is 23.8 Å². The maximum absolute atomic E-state index is 12.3. The molecule has 0 spiro atoms. The molecule has 1 aromatic heterocycles. The number of nitrogens with zero attached hydrogens (tertiary/aromatic N) is 1. The zero-order valence-corrected chi connectivity index (χ0v) is 12.6. The highest BCUT2D eigenvalue weighted by Gasteiger charge is 2.22. The third kappa shape index (κ3) is 3.11. The summed E-state index contributed by atoms with van der Waals surface area (Å²) in [4.78, 5) is 24.7. The molecule has 0 bridgehead atoms. The van der Waals surface area contributed by atoms with Crippen LogP contribution in [0.1, 0.15) is 39.4 Å². The molecular weight excluding hydrogens is 286 g/mol. The van der Waals surface area contributed by atoms with Gasteiger partial charge in [0.2, 0.25) is 0 Å². The van der Waals surface area contributed by atoms with E-state index in [9.17, 15) is 9.59 Å². The van der Waals surface area contributed by atoms with Gasteiger partial charge in [0.1, 0.15) is 12.0 Å². The van der Waals surface area contributed by atoms with Crippen LogP contribution < -0.4 is 4.74 Å². The van der Waals surface area contributed by atoms with Gasteiger partial charge >= 0.3 is 5.97 Å². The van der Waals surface area contributed by atoms with E-state index >= 15 is 0 Å². The fraction of sp³-hybridized carbons (Fsp3) is 0.250. The summed E-state index contributed by atoms with van der Waals surface area (Å²) in [6, 6.07) is 8.41. The Balaban J connectivity index is 2.15. The highest BCUT2D eigenvalue weighted by molar-refractivity contribution is 5.95. The van der Waals surface area contributed by atoms with Gasteiger partial charge in [-0.1, -0.05) is 12.1 Å². The van der Waals surface area contributed by atoms with Crippen molar-refractivity contribution in [2.24, 2.45) is 0 Å². The lowest BCUT2D eigenvalue weighted by Gasteiger charge is -2.24. The molecule has 1 aromatic carbocycles. The first-order valence-corrected chi connectivity index (χ1v) is 6.67. The third-order valence-electron chi connectivity index (χ3n) is 3.56. The summed E-state index contributed by atoms with van der Waals surface area (Å²) in [5.41, 5.74) is 0.885. The summed E-state index contributed by atoms with van der Waals surface area (Å²) in [5.74, 6) is -0.771. The number of carbonyl (C=O) groups excluding carboxylic acids is 1. The molecule has 0 saturated carbocycles. The van der Waals surface area contributed by atoms with Crippen LogP contribution in [0.15, 0.2) is 41.0 Å². The van der Waals surface area contributed by atoms with Gasteiger partial charge in [0.05, 0.1) is 18.7 Å². The molecule has 6 nitrogen and oxygen atoms in total. The van der Waals surface area contributed by atoms with Crippen molar-refractivity contribution in [3.05, 3.63) is 53.5 Å². The summed E-state index contributed by atoms with van der Waals surface area (Å²) in [5, 5.41) is 8.86. The van der Waals surface area contributed by atoms with Gasteiger partial charge in [0.25, 0.3) is 5.91 Å². The topological polar surface area (TPSA) is 80.0 Å². The molecular formula is C16H17NO5. The fourth-order valence-electron chi connectivity index (χ4n) is 2.02. The van der Waals surface area contributed by atoms with Crippen molar-refractivity contribution in [3.8, 4) is 5.75 Å². The molecule has 0 aliphatic rings. The molecule has 1 heterocycles. The summed E-state index contributed by atoms with van der Waals surface area (Å²) >= 11 is 0. The van der Waals surface area contributed by atoms with E-state index in [0.29, 0.717) is 0 Å². The van der Waals surface area contributed by atoms with Gasteiger partial charge in [-0.3, -0.25) is 4.79 Å². The van der Waals surface area contributed by atoms with Crippen LogP contribution in [0.3, 0.4) is 0 Å². The van der Waals surface area contributed by atoms with Gasteiger partial charge in [0.15, 0.2) is 5.76 Å². The quantitative estimate of drug-likeness (QED) is 0.918. The van der Waals surface area contributed by atoms with Gasteiger partial charge in [-0.2, -0.15) is 0 Å². The number of aromatic carboxylic acids is 1. The van der Waals surface area contributed by atoms with Gasteiger partial charge in [-0.15, -0.1) is 0 Å². The zero-order valence-electron chi connectivity index (χ0n) is 12.6. The van der Waals surface area contributed by atoms with Crippen molar-refractivity contribution >= 4 is 11.9 Å². The Bertz CT molecular complexity index is 674. The molecule has 1 atom stereocenters. The summed E-state index contributed by atoms with van der Waals surface area (Å²) in [6.45, 7) is 1.88. The number of furan rings is 1. The number of hydrogen-bond acceptors (Lipinski definition) is 4. The van der Waals surface area contributed by atoms with Gasteiger partial charge in [-0.25, -0.2) is 4.79 Å². The SMILES string of the molecule is COc1ccc(C(C)N(C)C(=O)c2cc(C(=O)O)co2)cc1. The van der Waals surface area contributed by atoms with E-state index in [1.807, 2.05) is 31.2 Å². The number of methoxy groups -OCH3 is 1. The molecule has 116 valence electrons. The molecule has 1 amide bonds. The van der Waals surface area contributed by atoms with Crippen LogP contribution in [0.25, 0.3) is 0 Å². The predicted molar refractivity (Wildman–Crippen MR) is 79.2 cm³/mol. The van der Waals surface area contributed by atoms with E-state index in [0.717, 1.165) is 17.6 Å². The average Bonchev–Trinajstić information content (AvgIpc) is 3.03. The molecule has 0 aliphatic carbocycles. The van der Waals surface area contributed by atoms with Crippen LogP contribution in [0.4, 0.5) is 0 Å². The van der Waals surface area contributed by atoms with Gasteiger partial charge in [0, 0.05) is 13.1 Å². The summed E-state index contributed by atoms with van der Waals surface area (Å²) < 4.78 is 10.1. The van der Waals surface area contributed by atoms with E-state index in [1.54, 1.807) is 14.2 Å². The first kappa shape index (κ1) is 15.6. The molecule has 2 rings (SSSR count). The second-order valence-electron chi connectivity index (χ2n) is 4.87. The molecule has 0 radical (unpaired) electrons. The highest BCUT2D eigenvalue weighted by atomic mass is 16.5. The Morgan fingerprint density at radius 1 is 1.27 bits per heavy atom. The van der Waals surface area contributed by atoms with Crippen molar-refractivity contribution in [1.82, 2.24) is 4.90 Å². The molecule has 1 unspecified atom stereocenters. The van der Waals surface area contributed by atoms with Crippen LogP contribution >= 0.6 is 0 Å². The van der Waals surface area contributed by atoms with E-state index in [-0.39, 0.29) is 23.3 Å². The molecule has 0 fully saturated rings. The van der Waals surface area contributed by atoms with E-state index in [1.165, 1.54) is 11.0 Å². The average molecular weight is 303 g/mol. The highest BCUT2D eigenvalue weighted by Crippen LogP contribution is 2.23. The smallest absolute Gasteiger partial charge is 0.338 e. The number of benzene rings is 1. The molecule has 0 aliphatic heterocycles. The Hall–Kier alpha value is -2.76. The number of ether oxygens (including phenoxy) is 1. The normalized spacial score (nSPS) is 11.8. The minimum Gasteiger partial charge on any atom is -0.497 e. The maximum Gasteiger partial charge on any atom is 0.338 e. The van der Waals surface area contributed by atoms with Crippen molar-refractivity contribution in [3.63, 3.8) is 0 Å². The number of carboxylic acids is 1. The monoisotopic (exact) mass is 303 g/mol. The molecule has 1 N–H and O–H groups in total. The number of carbonyl (C=O) groups is 2. The fourth-order valence-corrected chi connectivity index (χ4v) is 2.02. The Morgan fingerprint density at radius 3 is 2.41 bits per heavy atom. The largest absolute Gasteiger partial charge is 0.497 e. The Kier molecular flexibility index (Phi) is 4.50. The number of carboxylic acid groups (broad SMARTS) is 1. The van der Waals surface area contributed by atoms with Crippen LogP contribution in [-0.2, 0) is 0 Å². The summed E-state index contributed by atoms with van der Waals surface area (Å²) in [6.07, 6.45) is 1.06. The number of hydrogen-bond donors (Lipinski definition) is 1. The van der Waals surface area contributed by atoms with E-state index < -0.39 is 5.97 Å². The lowest BCUT2D eigenvalue weighted by molar-refractivity contribution is 0.0692. The minimum absolute atomic E-state index is 0.000242. The Labute approximate surface area is 127 Å². The predicted octanol–water partition coefficient (Wildman–Crippen LogP) is 2.82.